The lowest BCUT2D eigenvalue weighted by molar-refractivity contribution is -0.120. The summed E-state index contributed by atoms with van der Waals surface area (Å²) in [6.45, 7) is 6.39. The van der Waals surface area contributed by atoms with Crippen LogP contribution in [0.25, 0.3) is 0 Å². The quantitative estimate of drug-likeness (QED) is 0.879. The van der Waals surface area contributed by atoms with Gasteiger partial charge in [0.25, 0.3) is 0 Å². The summed E-state index contributed by atoms with van der Waals surface area (Å²) in [5.74, 6) is 0.270. The van der Waals surface area contributed by atoms with Crippen molar-refractivity contribution < 1.29 is 9.00 Å². The van der Waals surface area contributed by atoms with Crippen LogP contribution in [0.5, 0.6) is 0 Å². The van der Waals surface area contributed by atoms with Crippen LogP contribution in [0.1, 0.15) is 20.8 Å². The highest BCUT2D eigenvalue weighted by Crippen LogP contribution is 2.17. The Labute approximate surface area is 103 Å². The average molecular weight is 259 g/mol. The third-order valence-electron chi connectivity index (χ3n) is 2.07. The molecule has 90 valence electrons. The fourth-order valence-corrected chi connectivity index (χ4v) is 3.36. The maximum atomic E-state index is 12.0. The molecule has 0 spiro atoms. The smallest absolute Gasteiger partial charge is 0.235 e. The molecule has 0 fully saturated rings. The van der Waals surface area contributed by atoms with E-state index in [2.05, 4.69) is 5.32 Å². The van der Waals surface area contributed by atoms with Crippen LogP contribution in [-0.2, 0) is 15.6 Å². The first-order valence-electron chi connectivity index (χ1n) is 5.24. The third-order valence-corrected chi connectivity index (χ3v) is 4.90. The predicted octanol–water partition coefficient (Wildman–Crippen LogP) is 2.02. The van der Waals surface area contributed by atoms with Gasteiger partial charge >= 0.3 is 0 Å². The Hall–Kier alpha value is -0.680. The number of amides is 1. The highest BCUT2D eigenvalue weighted by molar-refractivity contribution is 7.88. The molecule has 1 aromatic rings. The molecule has 16 heavy (non-hydrogen) atoms. The van der Waals surface area contributed by atoms with E-state index in [0.29, 0.717) is 12.5 Å². The Morgan fingerprint density at radius 2 is 2.19 bits per heavy atom. The van der Waals surface area contributed by atoms with Gasteiger partial charge in [0.15, 0.2) is 0 Å². The van der Waals surface area contributed by atoms with Crippen molar-refractivity contribution in [2.75, 3.05) is 6.54 Å². The zero-order valence-corrected chi connectivity index (χ0v) is 11.4. The summed E-state index contributed by atoms with van der Waals surface area (Å²) in [4.78, 5) is 11.7. The maximum Gasteiger partial charge on any atom is 0.235 e. The van der Waals surface area contributed by atoms with Gasteiger partial charge in [0.05, 0.1) is 15.0 Å². The van der Waals surface area contributed by atoms with Crippen molar-refractivity contribution in [3.63, 3.8) is 0 Å². The number of nitrogens with one attached hydrogen (secondary N) is 1. The van der Waals surface area contributed by atoms with Crippen molar-refractivity contribution in [1.82, 2.24) is 5.32 Å². The van der Waals surface area contributed by atoms with Crippen LogP contribution < -0.4 is 5.32 Å². The van der Waals surface area contributed by atoms with Gasteiger partial charge in [-0.3, -0.25) is 9.00 Å². The topological polar surface area (TPSA) is 46.2 Å². The lowest BCUT2D eigenvalue weighted by atomic mass is 10.2. The molecule has 0 aliphatic heterocycles. The molecular formula is C11H17NO2S2. The highest BCUT2D eigenvalue weighted by atomic mass is 32.2. The molecule has 1 N–H and O–H groups in total. The van der Waals surface area contributed by atoms with E-state index in [0.717, 1.165) is 4.21 Å². The largest absolute Gasteiger partial charge is 0.355 e. The SMILES string of the molecule is CC(C)CNC(=O)[C@H](C)[S@](=O)c1cccs1. The molecule has 0 radical (unpaired) electrons. The van der Waals surface area contributed by atoms with Gasteiger partial charge in [0.1, 0.15) is 5.25 Å². The van der Waals surface area contributed by atoms with Crippen molar-refractivity contribution in [3.05, 3.63) is 17.5 Å². The summed E-state index contributed by atoms with van der Waals surface area (Å²) in [6, 6.07) is 3.64. The molecule has 3 nitrogen and oxygen atoms in total. The molecule has 0 bridgehead atoms. The summed E-state index contributed by atoms with van der Waals surface area (Å²) < 4.78 is 12.7. The summed E-state index contributed by atoms with van der Waals surface area (Å²) in [5.41, 5.74) is 0. The van der Waals surface area contributed by atoms with Gasteiger partial charge in [-0.15, -0.1) is 11.3 Å². The molecule has 1 rings (SSSR count). The van der Waals surface area contributed by atoms with Crippen molar-refractivity contribution in [3.8, 4) is 0 Å². The number of hydrogen-bond acceptors (Lipinski definition) is 3. The minimum absolute atomic E-state index is 0.138. The van der Waals surface area contributed by atoms with Gasteiger partial charge in [-0.25, -0.2) is 0 Å². The zero-order valence-electron chi connectivity index (χ0n) is 9.73. The minimum atomic E-state index is -1.24. The monoisotopic (exact) mass is 259 g/mol. The Bertz CT molecular complexity index is 360. The van der Waals surface area contributed by atoms with Crippen LogP contribution in [0.3, 0.4) is 0 Å². The molecule has 2 atom stereocenters. The van der Waals surface area contributed by atoms with Gasteiger partial charge < -0.3 is 5.32 Å². The van der Waals surface area contributed by atoms with E-state index in [-0.39, 0.29) is 5.91 Å². The first-order valence-corrected chi connectivity index (χ1v) is 7.33. The number of hydrogen-bond donors (Lipinski definition) is 1. The van der Waals surface area contributed by atoms with E-state index in [9.17, 15) is 9.00 Å². The van der Waals surface area contributed by atoms with Crippen LogP contribution in [0.4, 0.5) is 0 Å². The lowest BCUT2D eigenvalue weighted by Gasteiger charge is -2.12. The lowest BCUT2D eigenvalue weighted by Crippen LogP contribution is -2.37. The number of carbonyl (C=O) groups excluding carboxylic acids is 1. The van der Waals surface area contributed by atoms with Gasteiger partial charge in [0, 0.05) is 6.54 Å². The normalized spacial score (nSPS) is 14.8. The minimum Gasteiger partial charge on any atom is -0.355 e. The van der Waals surface area contributed by atoms with E-state index in [1.54, 1.807) is 13.0 Å². The number of thiophene rings is 1. The van der Waals surface area contributed by atoms with Crippen LogP contribution >= 0.6 is 11.3 Å². The summed E-state index contributed by atoms with van der Waals surface area (Å²) in [5, 5.41) is 4.18. The molecule has 1 heterocycles. The molecule has 0 saturated carbocycles. The maximum absolute atomic E-state index is 12.0. The Morgan fingerprint density at radius 1 is 1.50 bits per heavy atom. The Balaban J connectivity index is 2.54. The van der Waals surface area contributed by atoms with Gasteiger partial charge in [0.2, 0.25) is 5.91 Å². The van der Waals surface area contributed by atoms with Crippen LogP contribution in [0.2, 0.25) is 0 Å². The number of rotatable bonds is 5. The predicted molar refractivity (Wildman–Crippen MR) is 68.0 cm³/mol. The molecule has 1 aromatic heterocycles. The molecule has 0 aliphatic carbocycles. The van der Waals surface area contributed by atoms with Crippen molar-refractivity contribution in [1.29, 1.82) is 0 Å². The molecular weight excluding hydrogens is 242 g/mol. The van der Waals surface area contributed by atoms with Gasteiger partial charge in [-0.1, -0.05) is 19.9 Å². The molecule has 5 heteroatoms. The zero-order chi connectivity index (χ0) is 12.1. The second-order valence-electron chi connectivity index (χ2n) is 4.01. The van der Waals surface area contributed by atoms with Crippen LogP contribution in [0, 0.1) is 5.92 Å². The highest BCUT2D eigenvalue weighted by Gasteiger charge is 2.21. The second-order valence-corrected chi connectivity index (χ2v) is 6.96. The molecule has 0 unspecified atom stereocenters. The second kappa shape index (κ2) is 6.15. The first kappa shape index (κ1) is 13.4. The van der Waals surface area contributed by atoms with Crippen LogP contribution in [-0.4, -0.2) is 21.9 Å². The van der Waals surface area contributed by atoms with Crippen LogP contribution in [0.15, 0.2) is 21.7 Å². The third kappa shape index (κ3) is 3.72. The fourth-order valence-electron chi connectivity index (χ4n) is 1.10. The average Bonchev–Trinajstić information content (AvgIpc) is 2.77. The standard InChI is InChI=1S/C11H17NO2S2/c1-8(2)7-12-11(13)9(3)16(14)10-5-4-6-15-10/h4-6,8-9H,7H2,1-3H3,(H,12,13)/t9-,16-/m0/s1. The summed E-state index contributed by atoms with van der Waals surface area (Å²) >= 11 is 1.42. The molecule has 0 saturated heterocycles. The molecule has 0 aliphatic rings. The van der Waals surface area contributed by atoms with E-state index in [1.807, 2.05) is 25.3 Å². The van der Waals surface area contributed by atoms with E-state index in [4.69, 9.17) is 0 Å². The van der Waals surface area contributed by atoms with E-state index >= 15 is 0 Å². The van der Waals surface area contributed by atoms with Gasteiger partial charge in [-0.05, 0) is 24.3 Å². The van der Waals surface area contributed by atoms with Crippen molar-refractivity contribution >= 4 is 28.0 Å². The van der Waals surface area contributed by atoms with Crippen molar-refractivity contribution in [2.24, 2.45) is 5.92 Å². The first-order chi connectivity index (χ1) is 7.52. The number of carbonyl (C=O) groups is 1. The van der Waals surface area contributed by atoms with Crippen molar-refractivity contribution in [2.45, 2.75) is 30.2 Å². The Morgan fingerprint density at radius 3 is 2.69 bits per heavy atom. The van der Waals surface area contributed by atoms with E-state index in [1.165, 1.54) is 11.3 Å². The van der Waals surface area contributed by atoms with Gasteiger partial charge in [-0.2, -0.15) is 0 Å². The van der Waals surface area contributed by atoms with E-state index < -0.39 is 16.0 Å². The summed E-state index contributed by atoms with van der Waals surface area (Å²) in [7, 11) is -1.24. The molecule has 0 aromatic carbocycles. The Kier molecular flexibility index (Phi) is 5.15. The molecule has 1 amide bonds. The fraction of sp³-hybridized carbons (Fsp3) is 0.545. The summed E-state index contributed by atoms with van der Waals surface area (Å²) in [6.07, 6.45) is 0.